The summed E-state index contributed by atoms with van der Waals surface area (Å²) in [5.74, 6) is 0.964. The van der Waals surface area contributed by atoms with E-state index in [1.807, 2.05) is 13.1 Å². The maximum atomic E-state index is 5.77. The van der Waals surface area contributed by atoms with Gasteiger partial charge in [-0.2, -0.15) is 0 Å². The van der Waals surface area contributed by atoms with Gasteiger partial charge in [0, 0.05) is 6.54 Å². The Hall–Kier alpha value is -2.48. The molecule has 0 radical (unpaired) electrons. The number of rotatable bonds is 4. The van der Waals surface area contributed by atoms with E-state index in [1.54, 1.807) is 0 Å². The Labute approximate surface area is 138 Å². The fraction of sp³-hybridized carbons (Fsp3) is 0.238. The fourth-order valence-corrected chi connectivity index (χ4v) is 2.88. The predicted octanol–water partition coefficient (Wildman–Crippen LogP) is 4.87. The SMILES string of the molecule is CCOc1cc(-c2ccc(C)cc2C2=CCNC=C2)ccc1C. The van der Waals surface area contributed by atoms with Crippen LogP contribution in [0.25, 0.3) is 16.7 Å². The van der Waals surface area contributed by atoms with Crippen molar-refractivity contribution in [3.63, 3.8) is 0 Å². The molecule has 1 heterocycles. The van der Waals surface area contributed by atoms with Gasteiger partial charge < -0.3 is 10.1 Å². The maximum Gasteiger partial charge on any atom is 0.122 e. The van der Waals surface area contributed by atoms with Gasteiger partial charge >= 0.3 is 0 Å². The first-order chi connectivity index (χ1) is 11.2. The molecule has 0 amide bonds. The lowest BCUT2D eigenvalue weighted by molar-refractivity contribution is 0.338. The van der Waals surface area contributed by atoms with Crippen molar-refractivity contribution in [3.8, 4) is 16.9 Å². The van der Waals surface area contributed by atoms with E-state index in [1.165, 1.54) is 33.4 Å². The first-order valence-corrected chi connectivity index (χ1v) is 8.14. The Balaban J connectivity index is 2.11. The summed E-state index contributed by atoms with van der Waals surface area (Å²) in [5, 5.41) is 3.21. The van der Waals surface area contributed by atoms with E-state index in [4.69, 9.17) is 4.74 Å². The molecule has 0 unspecified atom stereocenters. The van der Waals surface area contributed by atoms with Gasteiger partial charge in [-0.3, -0.25) is 0 Å². The van der Waals surface area contributed by atoms with Gasteiger partial charge in [0.25, 0.3) is 0 Å². The molecule has 1 aliphatic heterocycles. The van der Waals surface area contributed by atoms with Crippen LogP contribution in [0.2, 0.25) is 0 Å². The van der Waals surface area contributed by atoms with Gasteiger partial charge in [0.05, 0.1) is 6.61 Å². The van der Waals surface area contributed by atoms with Gasteiger partial charge in [0.1, 0.15) is 5.75 Å². The molecule has 23 heavy (non-hydrogen) atoms. The van der Waals surface area contributed by atoms with Crippen LogP contribution in [0.4, 0.5) is 0 Å². The van der Waals surface area contributed by atoms with Crippen LogP contribution in [0.3, 0.4) is 0 Å². The standard InChI is InChI=1S/C21H23NO/c1-4-23-21-14-18(7-6-16(21)3)19-8-5-15(2)13-20(19)17-9-11-22-12-10-17/h5-11,13-14,22H,4,12H2,1-3H3. The molecule has 0 bridgehead atoms. The van der Waals surface area contributed by atoms with E-state index < -0.39 is 0 Å². The van der Waals surface area contributed by atoms with E-state index in [9.17, 15) is 0 Å². The number of ether oxygens (including phenoxy) is 1. The molecule has 0 aliphatic carbocycles. The molecule has 2 aromatic carbocycles. The Morgan fingerprint density at radius 2 is 1.91 bits per heavy atom. The number of hydrogen-bond donors (Lipinski definition) is 1. The van der Waals surface area contributed by atoms with Gasteiger partial charge in [0.15, 0.2) is 0 Å². The van der Waals surface area contributed by atoms with Gasteiger partial charge in [0.2, 0.25) is 0 Å². The zero-order valence-corrected chi connectivity index (χ0v) is 14.0. The van der Waals surface area contributed by atoms with Gasteiger partial charge in [-0.05, 0) is 66.9 Å². The first-order valence-electron chi connectivity index (χ1n) is 8.14. The Morgan fingerprint density at radius 3 is 2.65 bits per heavy atom. The average Bonchev–Trinajstić information content (AvgIpc) is 2.58. The van der Waals surface area contributed by atoms with E-state index in [-0.39, 0.29) is 0 Å². The average molecular weight is 305 g/mol. The normalized spacial score (nSPS) is 13.4. The second kappa shape index (κ2) is 6.74. The Bertz CT molecular complexity index is 771. The summed E-state index contributed by atoms with van der Waals surface area (Å²) in [7, 11) is 0. The molecule has 1 aliphatic rings. The van der Waals surface area contributed by atoms with Crippen LogP contribution in [-0.2, 0) is 0 Å². The molecule has 2 aromatic rings. The molecule has 0 saturated carbocycles. The lowest BCUT2D eigenvalue weighted by Crippen LogP contribution is -2.08. The molecule has 118 valence electrons. The number of allylic oxidation sites excluding steroid dienone is 2. The van der Waals surface area contributed by atoms with E-state index in [0.29, 0.717) is 6.61 Å². The number of benzene rings is 2. The minimum atomic E-state index is 0.685. The summed E-state index contributed by atoms with van der Waals surface area (Å²) in [5.41, 5.74) is 7.42. The van der Waals surface area contributed by atoms with Crippen molar-refractivity contribution in [1.29, 1.82) is 0 Å². The topological polar surface area (TPSA) is 21.3 Å². The fourth-order valence-electron chi connectivity index (χ4n) is 2.88. The molecule has 0 saturated heterocycles. The number of dihydropyridines is 1. The minimum absolute atomic E-state index is 0.685. The summed E-state index contributed by atoms with van der Waals surface area (Å²) in [6.45, 7) is 7.80. The third kappa shape index (κ3) is 3.31. The van der Waals surface area contributed by atoms with Gasteiger partial charge in [-0.15, -0.1) is 0 Å². The third-order valence-corrected chi connectivity index (χ3v) is 4.11. The van der Waals surface area contributed by atoms with Crippen LogP contribution in [0, 0.1) is 13.8 Å². The van der Waals surface area contributed by atoms with Crippen molar-refractivity contribution < 1.29 is 4.74 Å². The highest BCUT2D eigenvalue weighted by Gasteiger charge is 2.11. The molecule has 0 fully saturated rings. The summed E-state index contributed by atoms with van der Waals surface area (Å²) in [4.78, 5) is 0. The number of hydrogen-bond acceptors (Lipinski definition) is 2. The predicted molar refractivity (Wildman–Crippen MR) is 97.6 cm³/mol. The van der Waals surface area contributed by atoms with Crippen molar-refractivity contribution >= 4 is 5.57 Å². The van der Waals surface area contributed by atoms with E-state index in [0.717, 1.165) is 12.3 Å². The second-order valence-electron chi connectivity index (χ2n) is 5.86. The molecular weight excluding hydrogens is 282 g/mol. The summed E-state index contributed by atoms with van der Waals surface area (Å²) in [6.07, 6.45) is 6.39. The monoisotopic (exact) mass is 305 g/mol. The lowest BCUT2D eigenvalue weighted by atomic mass is 9.91. The van der Waals surface area contributed by atoms with Crippen LogP contribution < -0.4 is 10.1 Å². The van der Waals surface area contributed by atoms with Crippen molar-refractivity contribution in [2.75, 3.05) is 13.2 Å². The highest BCUT2D eigenvalue weighted by molar-refractivity contribution is 5.86. The number of nitrogens with one attached hydrogen (secondary N) is 1. The zero-order valence-electron chi connectivity index (χ0n) is 14.0. The van der Waals surface area contributed by atoms with E-state index in [2.05, 4.69) is 67.7 Å². The molecule has 0 spiro atoms. The van der Waals surface area contributed by atoms with Crippen molar-refractivity contribution in [2.24, 2.45) is 0 Å². The molecule has 2 nitrogen and oxygen atoms in total. The highest BCUT2D eigenvalue weighted by atomic mass is 16.5. The van der Waals surface area contributed by atoms with Crippen molar-refractivity contribution in [1.82, 2.24) is 5.32 Å². The molecule has 2 heteroatoms. The molecule has 0 aromatic heterocycles. The summed E-state index contributed by atoms with van der Waals surface area (Å²) >= 11 is 0. The van der Waals surface area contributed by atoms with Crippen LogP contribution in [-0.4, -0.2) is 13.2 Å². The van der Waals surface area contributed by atoms with Crippen LogP contribution >= 0.6 is 0 Å². The Kier molecular flexibility index (Phi) is 4.52. The number of aryl methyl sites for hydroxylation is 2. The first kappa shape index (κ1) is 15.4. The summed E-state index contributed by atoms with van der Waals surface area (Å²) < 4.78 is 5.77. The maximum absolute atomic E-state index is 5.77. The molecule has 0 atom stereocenters. The van der Waals surface area contributed by atoms with Crippen LogP contribution in [0.15, 0.2) is 54.8 Å². The van der Waals surface area contributed by atoms with Gasteiger partial charge in [-0.25, -0.2) is 0 Å². The third-order valence-electron chi connectivity index (χ3n) is 4.11. The second-order valence-corrected chi connectivity index (χ2v) is 5.86. The molecular formula is C21H23NO. The lowest BCUT2D eigenvalue weighted by Gasteiger charge is -2.16. The minimum Gasteiger partial charge on any atom is -0.494 e. The quantitative estimate of drug-likeness (QED) is 0.870. The Morgan fingerprint density at radius 1 is 1.04 bits per heavy atom. The largest absolute Gasteiger partial charge is 0.494 e. The smallest absolute Gasteiger partial charge is 0.122 e. The summed E-state index contributed by atoms with van der Waals surface area (Å²) in [6, 6.07) is 13.1. The zero-order chi connectivity index (χ0) is 16.2. The van der Waals surface area contributed by atoms with Crippen molar-refractivity contribution in [3.05, 3.63) is 71.4 Å². The van der Waals surface area contributed by atoms with Crippen molar-refractivity contribution in [2.45, 2.75) is 20.8 Å². The van der Waals surface area contributed by atoms with E-state index >= 15 is 0 Å². The molecule has 1 N–H and O–H groups in total. The van der Waals surface area contributed by atoms with Crippen LogP contribution in [0.1, 0.15) is 23.6 Å². The van der Waals surface area contributed by atoms with Crippen LogP contribution in [0.5, 0.6) is 5.75 Å². The van der Waals surface area contributed by atoms with Gasteiger partial charge in [-0.1, -0.05) is 42.0 Å². The molecule has 3 rings (SSSR count). The highest BCUT2D eigenvalue weighted by Crippen LogP contribution is 2.34.